The van der Waals surface area contributed by atoms with E-state index in [4.69, 9.17) is 19.8 Å². The number of aliphatic carboxylic acids is 2. The molecule has 0 radical (unpaired) electrons. The van der Waals surface area contributed by atoms with Gasteiger partial charge < -0.3 is 25.3 Å². The molecule has 0 unspecified atom stereocenters. The Kier molecular flexibility index (Phi) is 13.7. The highest BCUT2D eigenvalue weighted by Gasteiger charge is 2.38. The maximum Gasteiger partial charge on any atom is 0.490 e. The van der Waals surface area contributed by atoms with Gasteiger partial charge in [-0.15, -0.1) is 0 Å². The molecule has 0 saturated carbocycles. The summed E-state index contributed by atoms with van der Waals surface area (Å²) in [5.74, 6) is -3.99. The largest absolute Gasteiger partial charge is 0.490 e. The number of hydrogen-bond acceptors (Lipinski definition) is 6. The number of piperidine rings is 1. The number of amides is 1. The molecule has 2 aromatic rings. The van der Waals surface area contributed by atoms with Crippen molar-refractivity contribution in [1.29, 1.82) is 0 Å². The van der Waals surface area contributed by atoms with Crippen molar-refractivity contribution >= 4 is 29.4 Å². The van der Waals surface area contributed by atoms with E-state index < -0.39 is 24.3 Å². The highest BCUT2D eigenvalue weighted by molar-refractivity contribution is 6.04. The van der Waals surface area contributed by atoms with Crippen molar-refractivity contribution < 1.29 is 50.9 Å². The van der Waals surface area contributed by atoms with Crippen LogP contribution in [0.1, 0.15) is 42.6 Å². The van der Waals surface area contributed by atoms with Gasteiger partial charge in [0.1, 0.15) is 5.82 Å². The molecule has 1 aromatic carbocycles. The van der Waals surface area contributed by atoms with Crippen LogP contribution in [0.2, 0.25) is 0 Å². The lowest BCUT2D eigenvalue weighted by Crippen LogP contribution is -2.44. The zero-order valence-electron chi connectivity index (χ0n) is 23.5. The molecule has 1 saturated heterocycles. The number of aromatic nitrogens is 1. The van der Waals surface area contributed by atoms with E-state index in [1.807, 2.05) is 43.3 Å². The van der Waals surface area contributed by atoms with Gasteiger partial charge in [-0.3, -0.25) is 4.79 Å². The monoisotopic (exact) mass is 608 g/mol. The first-order valence-corrected chi connectivity index (χ1v) is 12.7. The van der Waals surface area contributed by atoms with E-state index in [0.29, 0.717) is 17.5 Å². The lowest BCUT2D eigenvalue weighted by Gasteiger charge is -2.38. The van der Waals surface area contributed by atoms with Gasteiger partial charge in [0.25, 0.3) is 5.91 Å². The summed E-state index contributed by atoms with van der Waals surface area (Å²) in [7, 11) is 2.11. The summed E-state index contributed by atoms with van der Waals surface area (Å²) in [5.41, 5.74) is 2.52. The topological polar surface area (TPSA) is 123 Å². The lowest BCUT2D eigenvalue weighted by atomic mass is 10.0. The zero-order chi connectivity index (χ0) is 32.3. The second-order valence-corrected chi connectivity index (χ2v) is 9.87. The number of benzene rings is 1. The molecular weight excluding hydrogens is 574 g/mol. The van der Waals surface area contributed by atoms with E-state index in [2.05, 4.69) is 41.0 Å². The number of nitrogens with zero attached hydrogens (tertiary/aromatic N) is 3. The molecule has 2 heterocycles. The summed E-state index contributed by atoms with van der Waals surface area (Å²) >= 11 is 0. The van der Waals surface area contributed by atoms with Gasteiger partial charge >= 0.3 is 24.3 Å². The molecule has 1 aromatic heterocycles. The van der Waals surface area contributed by atoms with E-state index in [1.54, 1.807) is 6.20 Å². The summed E-state index contributed by atoms with van der Waals surface area (Å²) in [6.07, 6.45) is -6.11. The van der Waals surface area contributed by atoms with Crippen LogP contribution in [0.4, 0.5) is 37.8 Å². The second kappa shape index (κ2) is 15.9. The minimum absolute atomic E-state index is 0.0921. The van der Waals surface area contributed by atoms with Crippen LogP contribution in [0.3, 0.4) is 0 Å². The van der Waals surface area contributed by atoms with E-state index in [-0.39, 0.29) is 5.91 Å². The molecule has 0 spiro atoms. The maximum absolute atomic E-state index is 12.5. The first-order valence-electron chi connectivity index (χ1n) is 12.7. The van der Waals surface area contributed by atoms with E-state index in [0.717, 1.165) is 43.0 Å². The Balaban J connectivity index is 0.000000522. The number of pyridine rings is 1. The van der Waals surface area contributed by atoms with Gasteiger partial charge in [0.2, 0.25) is 0 Å². The lowest BCUT2D eigenvalue weighted by molar-refractivity contribution is -0.193. The number of anilines is 2. The Hall–Kier alpha value is -3.88. The van der Waals surface area contributed by atoms with Crippen LogP contribution in [0.15, 0.2) is 42.6 Å². The molecule has 15 heteroatoms. The number of aryl methyl sites for hydroxylation is 1. The third kappa shape index (κ3) is 13.2. The molecule has 0 atom stereocenters. The summed E-state index contributed by atoms with van der Waals surface area (Å²) in [6, 6.07) is 11.9. The minimum atomic E-state index is -5.08. The van der Waals surface area contributed by atoms with Crippen LogP contribution in [-0.2, 0) is 9.59 Å². The van der Waals surface area contributed by atoms with Crippen molar-refractivity contribution in [3.8, 4) is 0 Å². The van der Waals surface area contributed by atoms with Crippen molar-refractivity contribution in [1.82, 2.24) is 9.88 Å². The summed E-state index contributed by atoms with van der Waals surface area (Å²) in [5, 5.41) is 17.2. The number of carbonyl (C=O) groups excluding carboxylic acids is 1. The SMILES string of the molecule is Cc1cccc(C(=O)Nc2ccnc(N(C)C3CCN(CC(C)C)CC3)c2)c1.O=C(O)C(F)(F)F.O=C(O)C(F)(F)F. The number of carbonyl (C=O) groups is 3. The van der Waals surface area contributed by atoms with Crippen LogP contribution in [0.25, 0.3) is 0 Å². The van der Waals surface area contributed by atoms with Gasteiger partial charge in [-0.2, -0.15) is 26.3 Å². The Morgan fingerprint density at radius 3 is 1.98 bits per heavy atom. The first-order chi connectivity index (χ1) is 19.3. The van der Waals surface area contributed by atoms with Crippen molar-refractivity contribution in [3.63, 3.8) is 0 Å². The van der Waals surface area contributed by atoms with E-state index in [9.17, 15) is 31.1 Å². The first kappa shape index (κ1) is 36.1. The quantitative estimate of drug-likeness (QED) is 0.370. The third-order valence-corrected chi connectivity index (χ3v) is 5.86. The van der Waals surface area contributed by atoms with Crippen LogP contribution < -0.4 is 10.2 Å². The van der Waals surface area contributed by atoms with Crippen LogP contribution in [0, 0.1) is 12.8 Å². The maximum atomic E-state index is 12.5. The molecule has 1 aliphatic rings. The number of carboxylic acid groups (broad SMARTS) is 2. The Morgan fingerprint density at radius 1 is 1.00 bits per heavy atom. The average molecular weight is 609 g/mol. The number of carboxylic acids is 2. The normalized spacial score (nSPS) is 14.2. The molecule has 1 aliphatic heterocycles. The molecule has 234 valence electrons. The summed E-state index contributed by atoms with van der Waals surface area (Å²) in [4.78, 5) is 39.7. The fraction of sp³-hybridized carbons (Fsp3) is 0.481. The predicted octanol–water partition coefficient (Wildman–Crippen LogP) is 5.47. The Labute approximate surface area is 239 Å². The number of rotatable bonds is 6. The van der Waals surface area contributed by atoms with Crippen LogP contribution >= 0.6 is 0 Å². The molecule has 42 heavy (non-hydrogen) atoms. The molecule has 0 aliphatic carbocycles. The number of halogens is 6. The summed E-state index contributed by atoms with van der Waals surface area (Å²) < 4.78 is 63.5. The zero-order valence-corrected chi connectivity index (χ0v) is 23.5. The second-order valence-electron chi connectivity index (χ2n) is 9.87. The Morgan fingerprint density at radius 2 is 1.52 bits per heavy atom. The smallest absolute Gasteiger partial charge is 0.475 e. The van der Waals surface area contributed by atoms with Gasteiger partial charge in [-0.1, -0.05) is 31.5 Å². The molecule has 0 bridgehead atoms. The molecule has 1 amide bonds. The highest BCUT2D eigenvalue weighted by atomic mass is 19.4. The fourth-order valence-corrected chi connectivity index (χ4v) is 3.87. The Bertz CT molecular complexity index is 1160. The molecule has 9 nitrogen and oxygen atoms in total. The van der Waals surface area contributed by atoms with Crippen LogP contribution in [0.5, 0.6) is 0 Å². The third-order valence-electron chi connectivity index (χ3n) is 5.86. The van der Waals surface area contributed by atoms with Crippen molar-refractivity contribution in [3.05, 3.63) is 53.7 Å². The summed E-state index contributed by atoms with van der Waals surface area (Å²) in [6.45, 7) is 9.99. The van der Waals surface area contributed by atoms with E-state index in [1.165, 1.54) is 6.54 Å². The fourth-order valence-electron chi connectivity index (χ4n) is 3.87. The number of nitrogens with one attached hydrogen (secondary N) is 1. The van der Waals surface area contributed by atoms with Crippen molar-refractivity contribution in [2.24, 2.45) is 5.92 Å². The van der Waals surface area contributed by atoms with Crippen molar-refractivity contribution in [2.75, 3.05) is 36.9 Å². The standard InChI is InChI=1S/C23H32N4O.2C2HF3O2/c1-17(2)16-27-12-9-21(10-13-27)26(4)22-15-20(8-11-24-22)25-23(28)19-7-5-6-18(3)14-19;2*3-2(4,5)1(6)7/h5-8,11,14-15,17,21H,9-10,12-13,16H2,1-4H3,(H,24,25,28);2*(H,6,7). The molecule has 3 rings (SSSR count). The van der Waals surface area contributed by atoms with Gasteiger partial charge in [-0.05, 0) is 43.9 Å². The minimum Gasteiger partial charge on any atom is -0.475 e. The molecule has 3 N–H and O–H groups in total. The van der Waals surface area contributed by atoms with Crippen LogP contribution in [-0.4, -0.2) is 83.0 Å². The number of likely N-dealkylation sites (tertiary alicyclic amines) is 1. The average Bonchev–Trinajstić information content (AvgIpc) is 2.88. The van der Waals surface area contributed by atoms with Gasteiger partial charge in [0.05, 0.1) is 0 Å². The highest BCUT2D eigenvalue weighted by Crippen LogP contribution is 2.23. The van der Waals surface area contributed by atoms with Gasteiger partial charge in [0, 0.05) is 56.2 Å². The number of hydrogen-bond donors (Lipinski definition) is 3. The van der Waals surface area contributed by atoms with Gasteiger partial charge in [0.15, 0.2) is 0 Å². The molecular formula is C27H34F6N4O5. The van der Waals surface area contributed by atoms with Gasteiger partial charge in [-0.25, -0.2) is 14.6 Å². The number of alkyl halides is 6. The molecule has 1 fully saturated rings. The van der Waals surface area contributed by atoms with E-state index >= 15 is 0 Å². The predicted molar refractivity (Wildman–Crippen MR) is 143 cm³/mol. The van der Waals surface area contributed by atoms with Crippen molar-refractivity contribution in [2.45, 2.75) is 52.0 Å².